The van der Waals surface area contributed by atoms with E-state index in [0.29, 0.717) is 6.54 Å². The fourth-order valence-electron chi connectivity index (χ4n) is 3.56. The third kappa shape index (κ3) is 4.06. The first-order valence-corrected chi connectivity index (χ1v) is 10.2. The van der Waals surface area contributed by atoms with Crippen molar-refractivity contribution in [3.63, 3.8) is 0 Å². The standard InChI is InChI=1S/C24H31N3O/c1-6-19(5)27(24(28)25-21-13-12-17(3)18(4)14-21)16-20-15-26(7-2)23-11-9-8-10-22(20)23/h8-15,19H,6-7,16H2,1-5H3,(H,25,28). The third-order valence-electron chi connectivity index (χ3n) is 5.69. The first kappa shape index (κ1) is 20.0. The average molecular weight is 378 g/mol. The van der Waals surface area contributed by atoms with Gasteiger partial charge in [-0.05, 0) is 69.0 Å². The summed E-state index contributed by atoms with van der Waals surface area (Å²) in [4.78, 5) is 15.1. The predicted octanol–water partition coefficient (Wildman–Crippen LogP) is 6.11. The zero-order chi connectivity index (χ0) is 20.3. The maximum Gasteiger partial charge on any atom is 0.322 e. The number of aryl methyl sites for hydroxylation is 3. The molecule has 0 aliphatic carbocycles. The number of carbonyl (C=O) groups excluding carboxylic acids is 1. The summed E-state index contributed by atoms with van der Waals surface area (Å²) in [6.45, 7) is 12.0. The van der Waals surface area contributed by atoms with Crippen molar-refractivity contribution in [2.24, 2.45) is 0 Å². The van der Waals surface area contributed by atoms with Crippen LogP contribution in [-0.4, -0.2) is 21.5 Å². The lowest BCUT2D eigenvalue weighted by molar-refractivity contribution is 0.187. The van der Waals surface area contributed by atoms with Crippen molar-refractivity contribution in [3.8, 4) is 0 Å². The van der Waals surface area contributed by atoms with Crippen LogP contribution in [0.4, 0.5) is 10.5 Å². The van der Waals surface area contributed by atoms with Crippen LogP contribution < -0.4 is 5.32 Å². The normalized spacial score (nSPS) is 12.2. The van der Waals surface area contributed by atoms with Gasteiger partial charge in [-0.15, -0.1) is 0 Å². The van der Waals surface area contributed by atoms with Crippen molar-refractivity contribution in [2.75, 3.05) is 5.32 Å². The van der Waals surface area contributed by atoms with Crippen molar-refractivity contribution >= 4 is 22.6 Å². The van der Waals surface area contributed by atoms with Crippen LogP contribution in [0, 0.1) is 13.8 Å². The van der Waals surface area contributed by atoms with E-state index in [9.17, 15) is 4.79 Å². The molecule has 0 saturated heterocycles. The molecule has 2 aromatic carbocycles. The number of hydrogen-bond donors (Lipinski definition) is 1. The van der Waals surface area contributed by atoms with Crippen LogP contribution in [0.2, 0.25) is 0 Å². The fourth-order valence-corrected chi connectivity index (χ4v) is 3.56. The first-order chi connectivity index (χ1) is 13.4. The quantitative estimate of drug-likeness (QED) is 0.553. The van der Waals surface area contributed by atoms with Gasteiger partial charge in [0.1, 0.15) is 0 Å². The molecule has 0 aliphatic heterocycles. The van der Waals surface area contributed by atoms with Crippen LogP contribution in [0.1, 0.15) is 43.9 Å². The van der Waals surface area contributed by atoms with Gasteiger partial charge in [-0.1, -0.05) is 31.2 Å². The van der Waals surface area contributed by atoms with E-state index in [1.807, 2.05) is 23.1 Å². The van der Waals surface area contributed by atoms with E-state index in [4.69, 9.17) is 0 Å². The van der Waals surface area contributed by atoms with Crippen molar-refractivity contribution < 1.29 is 4.79 Å². The van der Waals surface area contributed by atoms with Gasteiger partial charge in [0.05, 0.1) is 0 Å². The Labute approximate surface area is 168 Å². The van der Waals surface area contributed by atoms with E-state index in [0.717, 1.165) is 18.7 Å². The molecule has 0 saturated carbocycles. The van der Waals surface area contributed by atoms with Crippen molar-refractivity contribution in [3.05, 3.63) is 65.4 Å². The molecular weight excluding hydrogens is 346 g/mol. The number of anilines is 1. The highest BCUT2D eigenvalue weighted by Gasteiger charge is 2.21. The van der Waals surface area contributed by atoms with Gasteiger partial charge in [0.25, 0.3) is 0 Å². The number of nitrogens with zero attached hydrogens (tertiary/aromatic N) is 2. The lowest BCUT2D eigenvalue weighted by atomic mass is 10.1. The molecule has 1 unspecified atom stereocenters. The van der Waals surface area contributed by atoms with Crippen molar-refractivity contribution in [1.29, 1.82) is 0 Å². The van der Waals surface area contributed by atoms with Gasteiger partial charge in [0, 0.05) is 41.9 Å². The second-order valence-electron chi connectivity index (χ2n) is 7.57. The van der Waals surface area contributed by atoms with Gasteiger partial charge in [-0.3, -0.25) is 0 Å². The number of nitrogens with one attached hydrogen (secondary N) is 1. The Morgan fingerprint density at radius 3 is 2.54 bits per heavy atom. The summed E-state index contributed by atoms with van der Waals surface area (Å²) in [5.41, 5.74) is 5.66. The second-order valence-corrected chi connectivity index (χ2v) is 7.57. The molecule has 0 aliphatic rings. The highest BCUT2D eigenvalue weighted by Crippen LogP contribution is 2.24. The van der Waals surface area contributed by atoms with Gasteiger partial charge in [-0.2, -0.15) is 0 Å². The number of aromatic nitrogens is 1. The zero-order valence-electron chi connectivity index (χ0n) is 17.6. The van der Waals surface area contributed by atoms with Gasteiger partial charge in [0.15, 0.2) is 0 Å². The van der Waals surface area contributed by atoms with Crippen LogP contribution in [0.5, 0.6) is 0 Å². The molecule has 3 aromatic rings. The van der Waals surface area contributed by atoms with Gasteiger partial charge < -0.3 is 14.8 Å². The molecule has 0 radical (unpaired) electrons. The molecule has 4 nitrogen and oxygen atoms in total. The topological polar surface area (TPSA) is 37.3 Å². The molecule has 0 bridgehead atoms. The highest BCUT2D eigenvalue weighted by molar-refractivity contribution is 5.90. The Morgan fingerprint density at radius 2 is 1.86 bits per heavy atom. The number of amides is 2. The summed E-state index contributed by atoms with van der Waals surface area (Å²) >= 11 is 0. The number of benzene rings is 2. The summed E-state index contributed by atoms with van der Waals surface area (Å²) in [6, 6.07) is 14.6. The molecule has 4 heteroatoms. The van der Waals surface area contributed by atoms with Crippen LogP contribution in [0.15, 0.2) is 48.7 Å². The molecule has 2 amide bonds. The maximum atomic E-state index is 13.1. The number of urea groups is 1. The molecule has 0 spiro atoms. The molecule has 28 heavy (non-hydrogen) atoms. The van der Waals surface area contributed by atoms with Crippen molar-refractivity contribution in [2.45, 2.75) is 60.2 Å². The molecule has 148 valence electrons. The predicted molar refractivity (Wildman–Crippen MR) is 118 cm³/mol. The smallest absolute Gasteiger partial charge is 0.322 e. The molecular formula is C24H31N3O. The zero-order valence-corrected chi connectivity index (χ0v) is 17.6. The minimum atomic E-state index is -0.0501. The summed E-state index contributed by atoms with van der Waals surface area (Å²) in [5.74, 6) is 0. The second kappa shape index (κ2) is 8.51. The minimum Gasteiger partial charge on any atom is -0.347 e. The van der Waals surface area contributed by atoms with Gasteiger partial charge in [-0.25, -0.2) is 4.79 Å². The van der Waals surface area contributed by atoms with E-state index in [-0.39, 0.29) is 12.1 Å². The molecule has 1 atom stereocenters. The highest BCUT2D eigenvalue weighted by atomic mass is 16.2. The molecule has 3 rings (SSSR count). The number of para-hydroxylation sites is 1. The van der Waals surface area contributed by atoms with Crippen LogP contribution in [-0.2, 0) is 13.1 Å². The Kier molecular flexibility index (Phi) is 6.08. The number of rotatable bonds is 6. The number of hydrogen-bond acceptors (Lipinski definition) is 1. The summed E-state index contributed by atoms with van der Waals surface area (Å²) in [5, 5.41) is 4.31. The van der Waals surface area contributed by atoms with Crippen LogP contribution >= 0.6 is 0 Å². The minimum absolute atomic E-state index is 0.0501. The Balaban J connectivity index is 1.88. The summed E-state index contributed by atoms with van der Waals surface area (Å²) in [6.07, 6.45) is 3.09. The lowest BCUT2D eigenvalue weighted by Gasteiger charge is -2.29. The van der Waals surface area contributed by atoms with Crippen LogP contribution in [0.3, 0.4) is 0 Å². The molecule has 0 fully saturated rings. The maximum absolute atomic E-state index is 13.1. The van der Waals surface area contributed by atoms with Gasteiger partial charge >= 0.3 is 6.03 Å². The Hall–Kier alpha value is -2.75. The van der Waals surface area contributed by atoms with E-state index < -0.39 is 0 Å². The number of carbonyl (C=O) groups is 1. The molecule has 1 N–H and O–H groups in total. The number of fused-ring (bicyclic) bond motifs is 1. The molecule has 1 aromatic heterocycles. The third-order valence-corrected chi connectivity index (χ3v) is 5.69. The summed E-state index contributed by atoms with van der Waals surface area (Å²) < 4.78 is 2.25. The fraction of sp³-hybridized carbons (Fsp3) is 0.375. The van der Waals surface area contributed by atoms with E-state index >= 15 is 0 Å². The molecule has 1 heterocycles. The largest absolute Gasteiger partial charge is 0.347 e. The average Bonchev–Trinajstić information content (AvgIpc) is 3.06. The van der Waals surface area contributed by atoms with E-state index in [1.54, 1.807) is 0 Å². The summed E-state index contributed by atoms with van der Waals surface area (Å²) in [7, 11) is 0. The Morgan fingerprint density at radius 1 is 1.11 bits per heavy atom. The van der Waals surface area contributed by atoms with E-state index in [2.05, 4.69) is 75.0 Å². The van der Waals surface area contributed by atoms with Crippen LogP contribution in [0.25, 0.3) is 10.9 Å². The SMILES string of the molecule is CCC(C)N(Cc1cn(CC)c2ccccc12)C(=O)Nc1ccc(C)c(C)c1. The van der Waals surface area contributed by atoms with Gasteiger partial charge in [0.2, 0.25) is 0 Å². The first-order valence-electron chi connectivity index (χ1n) is 10.2. The monoisotopic (exact) mass is 377 g/mol. The van der Waals surface area contributed by atoms with Crippen molar-refractivity contribution in [1.82, 2.24) is 9.47 Å². The lowest BCUT2D eigenvalue weighted by Crippen LogP contribution is -2.40. The Bertz CT molecular complexity index is 973. The van der Waals surface area contributed by atoms with E-state index in [1.165, 1.54) is 27.6 Å².